The Bertz CT molecular complexity index is 44.2. The standard InChI is InChI=1S/C3H12N4/c4-1-2(5)3(6)7/h2-3H,1,4-7H2. The summed E-state index contributed by atoms with van der Waals surface area (Å²) in [5.41, 5.74) is 20.6. The molecule has 44 valence electrons. The number of hydrogen-bond acceptors (Lipinski definition) is 4. The van der Waals surface area contributed by atoms with Gasteiger partial charge in [-0.15, -0.1) is 0 Å². The predicted molar refractivity (Wildman–Crippen MR) is 29.2 cm³/mol. The maximum atomic E-state index is 5.24. The molecule has 0 rings (SSSR count). The number of nitrogens with two attached hydrogens (primary N) is 4. The minimum atomic E-state index is -0.481. The molecule has 1 atom stereocenters. The van der Waals surface area contributed by atoms with E-state index >= 15 is 0 Å². The molecular formula is C3H12N4. The van der Waals surface area contributed by atoms with Crippen LogP contribution in [0.3, 0.4) is 0 Å². The Balaban J connectivity index is 3.14. The molecule has 0 aliphatic heterocycles. The summed E-state index contributed by atoms with van der Waals surface area (Å²) in [7, 11) is 0. The van der Waals surface area contributed by atoms with Gasteiger partial charge in [0.15, 0.2) is 0 Å². The van der Waals surface area contributed by atoms with Gasteiger partial charge < -0.3 is 22.9 Å². The maximum absolute atomic E-state index is 5.24. The van der Waals surface area contributed by atoms with Crippen LogP contribution in [0.5, 0.6) is 0 Å². The summed E-state index contributed by atoms with van der Waals surface area (Å²) in [6.07, 6.45) is -0.481. The lowest BCUT2D eigenvalue weighted by Crippen LogP contribution is -2.51. The largest absolute Gasteiger partial charge is 0.329 e. The van der Waals surface area contributed by atoms with Gasteiger partial charge >= 0.3 is 0 Å². The van der Waals surface area contributed by atoms with Gasteiger partial charge in [-0.25, -0.2) is 0 Å². The molecule has 0 fully saturated rings. The summed E-state index contributed by atoms with van der Waals surface area (Å²) < 4.78 is 0. The van der Waals surface area contributed by atoms with E-state index in [2.05, 4.69) is 0 Å². The minimum absolute atomic E-state index is 0.264. The van der Waals surface area contributed by atoms with E-state index in [0.29, 0.717) is 6.54 Å². The molecule has 1 unspecified atom stereocenters. The van der Waals surface area contributed by atoms with Crippen LogP contribution in [-0.2, 0) is 0 Å². The van der Waals surface area contributed by atoms with Crippen molar-refractivity contribution in [2.45, 2.75) is 12.2 Å². The highest BCUT2D eigenvalue weighted by Crippen LogP contribution is 1.69. The highest BCUT2D eigenvalue weighted by molar-refractivity contribution is 4.69. The van der Waals surface area contributed by atoms with Gasteiger partial charge in [0.05, 0.1) is 6.17 Å². The third-order valence-electron chi connectivity index (χ3n) is 0.767. The van der Waals surface area contributed by atoms with E-state index < -0.39 is 6.17 Å². The fourth-order valence-electron chi connectivity index (χ4n) is 0.157. The Hall–Kier alpha value is -0.160. The van der Waals surface area contributed by atoms with Crippen molar-refractivity contribution >= 4 is 0 Å². The van der Waals surface area contributed by atoms with Gasteiger partial charge in [0.25, 0.3) is 0 Å². The van der Waals surface area contributed by atoms with Gasteiger partial charge in [0, 0.05) is 12.6 Å². The van der Waals surface area contributed by atoms with Gasteiger partial charge in [0.1, 0.15) is 0 Å². The van der Waals surface area contributed by atoms with E-state index in [1.807, 2.05) is 0 Å². The van der Waals surface area contributed by atoms with Gasteiger partial charge in [-0.2, -0.15) is 0 Å². The molecule has 4 nitrogen and oxygen atoms in total. The summed E-state index contributed by atoms with van der Waals surface area (Å²) in [5, 5.41) is 0. The lowest BCUT2D eigenvalue weighted by atomic mass is 10.3. The molecule has 7 heavy (non-hydrogen) atoms. The second-order valence-electron chi connectivity index (χ2n) is 1.48. The molecule has 0 saturated carbocycles. The molecule has 0 spiro atoms. The Morgan fingerprint density at radius 2 is 1.57 bits per heavy atom. The lowest BCUT2D eigenvalue weighted by Gasteiger charge is -2.10. The normalized spacial score (nSPS) is 15.0. The van der Waals surface area contributed by atoms with Crippen molar-refractivity contribution in [3.05, 3.63) is 0 Å². The van der Waals surface area contributed by atoms with Crippen LogP contribution in [0.15, 0.2) is 0 Å². The molecule has 0 aromatic carbocycles. The Labute approximate surface area is 42.8 Å². The van der Waals surface area contributed by atoms with Crippen molar-refractivity contribution in [2.24, 2.45) is 22.9 Å². The molecule has 0 radical (unpaired) electrons. The van der Waals surface area contributed by atoms with Gasteiger partial charge in [0.2, 0.25) is 0 Å². The molecule has 0 aromatic rings. The summed E-state index contributed by atoms with van der Waals surface area (Å²) >= 11 is 0. The number of hydrogen-bond donors (Lipinski definition) is 4. The summed E-state index contributed by atoms with van der Waals surface area (Å²) in [5.74, 6) is 0. The van der Waals surface area contributed by atoms with Crippen LogP contribution in [0, 0.1) is 0 Å². The third kappa shape index (κ3) is 2.52. The zero-order chi connectivity index (χ0) is 5.86. The molecule has 8 N–H and O–H groups in total. The van der Waals surface area contributed by atoms with Crippen LogP contribution < -0.4 is 22.9 Å². The van der Waals surface area contributed by atoms with Crippen LogP contribution in [0.2, 0.25) is 0 Å². The van der Waals surface area contributed by atoms with Crippen molar-refractivity contribution in [1.82, 2.24) is 0 Å². The highest BCUT2D eigenvalue weighted by atomic mass is 14.9. The molecule has 0 bridgehead atoms. The Kier molecular flexibility index (Phi) is 2.86. The molecule has 0 aliphatic carbocycles. The molecule has 0 heterocycles. The topological polar surface area (TPSA) is 104 Å². The first-order valence-electron chi connectivity index (χ1n) is 2.15. The van der Waals surface area contributed by atoms with Gasteiger partial charge in [-0.1, -0.05) is 0 Å². The number of rotatable bonds is 2. The van der Waals surface area contributed by atoms with Gasteiger partial charge in [-0.3, -0.25) is 0 Å². The fourth-order valence-corrected chi connectivity index (χ4v) is 0.157. The van der Waals surface area contributed by atoms with Crippen molar-refractivity contribution in [3.8, 4) is 0 Å². The first-order valence-corrected chi connectivity index (χ1v) is 2.15. The van der Waals surface area contributed by atoms with E-state index in [9.17, 15) is 0 Å². The van der Waals surface area contributed by atoms with Crippen molar-refractivity contribution in [1.29, 1.82) is 0 Å². The van der Waals surface area contributed by atoms with E-state index in [-0.39, 0.29) is 6.04 Å². The molecule has 0 amide bonds. The lowest BCUT2D eigenvalue weighted by molar-refractivity contribution is 0.549. The first kappa shape index (κ1) is 6.84. The van der Waals surface area contributed by atoms with Crippen molar-refractivity contribution in [2.75, 3.05) is 6.54 Å². The van der Waals surface area contributed by atoms with Crippen LogP contribution in [0.1, 0.15) is 0 Å². The Morgan fingerprint density at radius 1 is 1.14 bits per heavy atom. The van der Waals surface area contributed by atoms with E-state index in [1.165, 1.54) is 0 Å². The minimum Gasteiger partial charge on any atom is -0.329 e. The van der Waals surface area contributed by atoms with E-state index in [4.69, 9.17) is 22.9 Å². The maximum Gasteiger partial charge on any atom is 0.0689 e. The molecule has 4 heteroatoms. The molecule has 0 aliphatic rings. The summed E-state index contributed by atoms with van der Waals surface area (Å²) in [6.45, 7) is 0.345. The molecular weight excluding hydrogens is 92.1 g/mol. The quantitative estimate of drug-likeness (QED) is 0.291. The monoisotopic (exact) mass is 104 g/mol. The predicted octanol–water partition coefficient (Wildman–Crippen LogP) is -2.48. The smallest absolute Gasteiger partial charge is 0.0689 e. The van der Waals surface area contributed by atoms with E-state index in [1.54, 1.807) is 0 Å². The highest BCUT2D eigenvalue weighted by Gasteiger charge is 2.02. The van der Waals surface area contributed by atoms with Crippen LogP contribution >= 0.6 is 0 Å². The second kappa shape index (κ2) is 2.92. The molecule has 0 saturated heterocycles. The van der Waals surface area contributed by atoms with Crippen LogP contribution in [0.4, 0.5) is 0 Å². The van der Waals surface area contributed by atoms with Crippen LogP contribution in [0.25, 0.3) is 0 Å². The Morgan fingerprint density at radius 3 is 1.57 bits per heavy atom. The second-order valence-corrected chi connectivity index (χ2v) is 1.48. The van der Waals surface area contributed by atoms with Gasteiger partial charge in [-0.05, 0) is 0 Å². The van der Waals surface area contributed by atoms with Crippen molar-refractivity contribution < 1.29 is 0 Å². The summed E-state index contributed by atoms with van der Waals surface area (Å²) in [4.78, 5) is 0. The average Bonchev–Trinajstić information content (AvgIpc) is 1.65. The third-order valence-corrected chi connectivity index (χ3v) is 0.767. The average molecular weight is 104 g/mol. The first-order chi connectivity index (χ1) is 3.18. The fraction of sp³-hybridized carbons (Fsp3) is 1.00. The summed E-state index contributed by atoms with van der Waals surface area (Å²) in [6, 6.07) is -0.264. The van der Waals surface area contributed by atoms with E-state index in [0.717, 1.165) is 0 Å². The molecule has 0 aromatic heterocycles. The SMILES string of the molecule is NCC(N)C(N)N. The van der Waals surface area contributed by atoms with Crippen LogP contribution in [-0.4, -0.2) is 18.8 Å². The van der Waals surface area contributed by atoms with Crippen molar-refractivity contribution in [3.63, 3.8) is 0 Å². The zero-order valence-electron chi connectivity index (χ0n) is 4.17. The zero-order valence-corrected chi connectivity index (χ0v) is 4.17.